The molecule has 1 aromatic heterocycles. The third-order valence-corrected chi connectivity index (χ3v) is 2.65. The predicted octanol–water partition coefficient (Wildman–Crippen LogP) is 1.75. The van der Waals surface area contributed by atoms with E-state index in [2.05, 4.69) is 15.4 Å². The fourth-order valence-corrected chi connectivity index (χ4v) is 1.51. The molecule has 0 aliphatic heterocycles. The van der Waals surface area contributed by atoms with Gasteiger partial charge in [0.1, 0.15) is 11.6 Å². The number of nitrogen functional groups attached to an aromatic ring is 1. The molecule has 4 N–H and O–H groups in total. The molecule has 1 heterocycles. The Morgan fingerprint density at radius 3 is 2.35 bits per heavy atom. The summed E-state index contributed by atoms with van der Waals surface area (Å²) in [5, 5.41) is 9.23. The summed E-state index contributed by atoms with van der Waals surface area (Å²) in [6.07, 6.45) is 0. The van der Waals surface area contributed by atoms with E-state index >= 15 is 0 Å². The van der Waals surface area contributed by atoms with Gasteiger partial charge in [-0.05, 0) is 38.1 Å². The van der Waals surface area contributed by atoms with Crippen LogP contribution in [0.2, 0.25) is 0 Å². The molecule has 0 atom stereocenters. The lowest BCUT2D eigenvalue weighted by Crippen LogP contribution is -2.12. The molecule has 2 rings (SSSR count). The van der Waals surface area contributed by atoms with E-state index in [9.17, 15) is 5.11 Å². The fourth-order valence-electron chi connectivity index (χ4n) is 1.51. The highest BCUT2D eigenvalue weighted by Crippen LogP contribution is 2.22. The molecule has 0 aliphatic carbocycles. The monoisotopic (exact) mass is 230 g/mol. The maximum Gasteiger partial charge on any atom is 0.161 e. The number of phenolic OH excluding ortho intramolecular Hbond substituents is 1. The lowest BCUT2D eigenvalue weighted by Gasteiger charge is -2.09. The van der Waals surface area contributed by atoms with E-state index in [-0.39, 0.29) is 5.75 Å². The number of hydrazine groups is 1. The van der Waals surface area contributed by atoms with E-state index in [1.165, 1.54) is 0 Å². The maximum atomic E-state index is 9.23. The van der Waals surface area contributed by atoms with Gasteiger partial charge >= 0.3 is 0 Å². The van der Waals surface area contributed by atoms with Crippen LogP contribution in [0.5, 0.6) is 5.75 Å². The molecule has 0 amide bonds. The Hall–Kier alpha value is -2.14. The van der Waals surface area contributed by atoms with Crippen LogP contribution in [0.15, 0.2) is 24.3 Å². The van der Waals surface area contributed by atoms with E-state index in [1.54, 1.807) is 24.3 Å². The summed E-state index contributed by atoms with van der Waals surface area (Å²) in [4.78, 5) is 8.72. The fraction of sp³-hybridized carbons (Fsp3) is 0.167. The van der Waals surface area contributed by atoms with Crippen LogP contribution in [0.3, 0.4) is 0 Å². The van der Waals surface area contributed by atoms with Gasteiger partial charge in [0.05, 0.1) is 0 Å². The zero-order valence-corrected chi connectivity index (χ0v) is 9.73. The average molecular weight is 230 g/mol. The molecule has 5 heteroatoms. The van der Waals surface area contributed by atoms with Crippen LogP contribution in [-0.2, 0) is 0 Å². The highest BCUT2D eigenvalue weighted by Gasteiger charge is 2.08. The molecule has 17 heavy (non-hydrogen) atoms. The minimum atomic E-state index is 0.217. The first kappa shape index (κ1) is 11.3. The first-order chi connectivity index (χ1) is 8.11. The molecule has 0 radical (unpaired) electrons. The van der Waals surface area contributed by atoms with Crippen LogP contribution in [0.1, 0.15) is 11.3 Å². The maximum absolute atomic E-state index is 9.23. The van der Waals surface area contributed by atoms with Gasteiger partial charge in [-0.25, -0.2) is 15.8 Å². The van der Waals surface area contributed by atoms with Gasteiger partial charge in [0, 0.05) is 16.8 Å². The largest absolute Gasteiger partial charge is 0.508 e. The average Bonchev–Trinajstić information content (AvgIpc) is 2.33. The zero-order valence-electron chi connectivity index (χ0n) is 9.73. The van der Waals surface area contributed by atoms with Crippen molar-refractivity contribution in [3.8, 4) is 17.1 Å². The van der Waals surface area contributed by atoms with E-state index in [4.69, 9.17) is 5.84 Å². The first-order valence-corrected chi connectivity index (χ1v) is 5.23. The molecule has 2 aromatic rings. The van der Waals surface area contributed by atoms with Crippen LogP contribution in [0.4, 0.5) is 5.82 Å². The van der Waals surface area contributed by atoms with Crippen molar-refractivity contribution in [3.05, 3.63) is 35.5 Å². The zero-order chi connectivity index (χ0) is 12.4. The third-order valence-electron chi connectivity index (χ3n) is 2.65. The Kier molecular flexibility index (Phi) is 2.93. The topological polar surface area (TPSA) is 84.1 Å². The normalized spacial score (nSPS) is 10.3. The molecule has 0 saturated carbocycles. The number of aromatic hydroxyl groups is 1. The number of nitrogens with one attached hydrogen (secondary N) is 1. The van der Waals surface area contributed by atoms with Gasteiger partial charge in [-0.15, -0.1) is 0 Å². The highest BCUT2D eigenvalue weighted by molar-refractivity contribution is 5.60. The van der Waals surface area contributed by atoms with Gasteiger partial charge < -0.3 is 10.5 Å². The molecule has 0 bridgehead atoms. The minimum absolute atomic E-state index is 0.217. The van der Waals surface area contributed by atoms with Crippen LogP contribution in [0.25, 0.3) is 11.4 Å². The Labute approximate surface area is 99.3 Å². The molecular weight excluding hydrogens is 216 g/mol. The number of anilines is 1. The second-order valence-corrected chi connectivity index (χ2v) is 3.80. The van der Waals surface area contributed by atoms with E-state index in [1.807, 2.05) is 13.8 Å². The Bertz CT molecular complexity index is 537. The number of hydrogen-bond acceptors (Lipinski definition) is 5. The molecule has 0 spiro atoms. The lowest BCUT2D eigenvalue weighted by molar-refractivity contribution is 0.475. The number of aromatic nitrogens is 2. The quantitative estimate of drug-likeness (QED) is 0.540. The van der Waals surface area contributed by atoms with Crippen LogP contribution in [-0.4, -0.2) is 15.1 Å². The summed E-state index contributed by atoms with van der Waals surface area (Å²) in [7, 11) is 0. The molecule has 1 aromatic carbocycles. The molecule has 0 fully saturated rings. The summed E-state index contributed by atoms with van der Waals surface area (Å²) in [6.45, 7) is 3.81. The van der Waals surface area contributed by atoms with Crippen molar-refractivity contribution in [3.63, 3.8) is 0 Å². The van der Waals surface area contributed by atoms with Gasteiger partial charge in [-0.2, -0.15) is 0 Å². The summed E-state index contributed by atoms with van der Waals surface area (Å²) < 4.78 is 0. The summed E-state index contributed by atoms with van der Waals surface area (Å²) >= 11 is 0. The molecule has 5 nitrogen and oxygen atoms in total. The number of benzene rings is 1. The smallest absolute Gasteiger partial charge is 0.161 e. The minimum Gasteiger partial charge on any atom is -0.508 e. The molecule has 0 unspecified atom stereocenters. The van der Waals surface area contributed by atoms with E-state index in [0.29, 0.717) is 11.6 Å². The number of nitrogens with two attached hydrogens (primary N) is 1. The summed E-state index contributed by atoms with van der Waals surface area (Å²) in [5.74, 6) is 6.82. The predicted molar refractivity (Wildman–Crippen MR) is 66.4 cm³/mol. The standard InChI is InChI=1S/C12H14N4O/c1-7-8(2)14-12(15-11(7)16-13)9-3-5-10(17)6-4-9/h3-6,17H,13H2,1-2H3,(H,14,15,16). The van der Waals surface area contributed by atoms with Gasteiger partial charge in [0.15, 0.2) is 5.82 Å². The van der Waals surface area contributed by atoms with Crippen molar-refractivity contribution < 1.29 is 5.11 Å². The Morgan fingerprint density at radius 1 is 1.12 bits per heavy atom. The van der Waals surface area contributed by atoms with Crippen molar-refractivity contribution in [2.24, 2.45) is 5.84 Å². The Morgan fingerprint density at radius 2 is 1.76 bits per heavy atom. The van der Waals surface area contributed by atoms with Crippen molar-refractivity contribution in [1.82, 2.24) is 9.97 Å². The van der Waals surface area contributed by atoms with Gasteiger partial charge in [0.25, 0.3) is 0 Å². The number of nitrogens with zero attached hydrogens (tertiary/aromatic N) is 2. The molecule has 0 aliphatic rings. The Balaban J connectivity index is 2.52. The van der Waals surface area contributed by atoms with Crippen LogP contribution in [0, 0.1) is 13.8 Å². The van der Waals surface area contributed by atoms with E-state index in [0.717, 1.165) is 16.8 Å². The second kappa shape index (κ2) is 4.39. The molecule has 0 saturated heterocycles. The third kappa shape index (κ3) is 2.19. The van der Waals surface area contributed by atoms with Gasteiger partial charge in [-0.3, -0.25) is 0 Å². The lowest BCUT2D eigenvalue weighted by atomic mass is 10.2. The van der Waals surface area contributed by atoms with Crippen molar-refractivity contribution in [2.75, 3.05) is 5.43 Å². The van der Waals surface area contributed by atoms with Gasteiger partial charge in [0.2, 0.25) is 0 Å². The van der Waals surface area contributed by atoms with Gasteiger partial charge in [-0.1, -0.05) is 0 Å². The number of rotatable bonds is 2. The number of phenols is 1. The van der Waals surface area contributed by atoms with Crippen molar-refractivity contribution in [2.45, 2.75) is 13.8 Å². The van der Waals surface area contributed by atoms with Crippen molar-refractivity contribution >= 4 is 5.82 Å². The molecular formula is C12H14N4O. The van der Waals surface area contributed by atoms with E-state index < -0.39 is 0 Å². The number of aryl methyl sites for hydroxylation is 1. The first-order valence-electron chi connectivity index (χ1n) is 5.23. The SMILES string of the molecule is Cc1nc(-c2ccc(O)cc2)nc(NN)c1C. The molecule has 88 valence electrons. The van der Waals surface area contributed by atoms with Crippen LogP contribution < -0.4 is 11.3 Å². The summed E-state index contributed by atoms with van der Waals surface area (Å²) in [6, 6.07) is 6.73. The second-order valence-electron chi connectivity index (χ2n) is 3.80. The number of hydrogen-bond donors (Lipinski definition) is 3. The van der Waals surface area contributed by atoms with Crippen LogP contribution >= 0.6 is 0 Å². The van der Waals surface area contributed by atoms with Crippen molar-refractivity contribution in [1.29, 1.82) is 0 Å². The summed E-state index contributed by atoms with van der Waals surface area (Å²) in [5.41, 5.74) is 5.19. The highest BCUT2D eigenvalue weighted by atomic mass is 16.3.